The summed E-state index contributed by atoms with van der Waals surface area (Å²) in [5.74, 6) is 0.482. The van der Waals surface area contributed by atoms with E-state index in [4.69, 9.17) is 9.97 Å². The fraction of sp³-hybridized carbons (Fsp3) is 0. The second-order valence-electron chi connectivity index (χ2n) is 15.0. The van der Waals surface area contributed by atoms with Crippen molar-refractivity contribution in [1.29, 1.82) is 21.0 Å². The van der Waals surface area contributed by atoms with Crippen LogP contribution in [0, 0.1) is 45.3 Å². The molecule has 7 heteroatoms. The Morgan fingerprint density at radius 2 is 0.889 bits per heavy atom. The molecule has 2 aromatic heterocycles. The molecule has 0 fully saturated rings. The number of nitriles is 4. The van der Waals surface area contributed by atoms with Crippen LogP contribution in [-0.2, 0) is 0 Å². The summed E-state index contributed by atoms with van der Waals surface area (Å²) in [6.45, 7) is 0. The Kier molecular flexibility index (Phi) is 9.60. The maximum absolute atomic E-state index is 10.7. The van der Waals surface area contributed by atoms with Gasteiger partial charge in [0.25, 0.3) is 0 Å². The van der Waals surface area contributed by atoms with Crippen LogP contribution < -0.4 is 0 Å². The van der Waals surface area contributed by atoms with Crippen LogP contribution in [0.4, 0.5) is 0 Å². The lowest BCUT2D eigenvalue weighted by molar-refractivity contribution is 1.16. The normalized spacial score (nSPS) is 10.8. The highest BCUT2D eigenvalue weighted by Gasteiger charge is 2.25. The van der Waals surface area contributed by atoms with Crippen LogP contribution in [0.3, 0.4) is 0 Å². The highest BCUT2D eigenvalue weighted by Crippen LogP contribution is 2.46. The monoisotopic (exact) mass is 801 g/mol. The Labute approximate surface area is 363 Å². The van der Waals surface area contributed by atoms with Gasteiger partial charge < -0.3 is 4.57 Å². The van der Waals surface area contributed by atoms with Gasteiger partial charge in [-0.2, -0.15) is 21.0 Å². The number of fused-ring (bicyclic) bond motifs is 3. The maximum Gasteiger partial charge on any atom is 0.160 e. The van der Waals surface area contributed by atoms with Crippen molar-refractivity contribution >= 4 is 21.8 Å². The van der Waals surface area contributed by atoms with Crippen LogP contribution in [0.1, 0.15) is 22.3 Å². The van der Waals surface area contributed by atoms with Crippen LogP contribution in [0.5, 0.6) is 0 Å². The molecule has 0 unspecified atom stereocenters. The van der Waals surface area contributed by atoms with E-state index in [-0.39, 0.29) is 0 Å². The van der Waals surface area contributed by atoms with Crippen molar-refractivity contribution in [3.05, 3.63) is 210 Å². The average molecular weight is 802 g/mol. The number of aromatic nitrogens is 3. The molecule has 0 saturated carbocycles. The molecule has 10 rings (SSSR count). The highest BCUT2D eigenvalue weighted by atomic mass is 15.0. The van der Waals surface area contributed by atoms with Gasteiger partial charge in [-0.3, -0.25) is 0 Å². The molecule has 10 aromatic rings. The quantitative estimate of drug-likeness (QED) is 0.158. The van der Waals surface area contributed by atoms with E-state index in [1.54, 1.807) is 12.1 Å². The second-order valence-corrected chi connectivity index (χ2v) is 15.0. The second kappa shape index (κ2) is 16.0. The third-order valence-corrected chi connectivity index (χ3v) is 11.4. The van der Waals surface area contributed by atoms with Crippen LogP contribution >= 0.6 is 0 Å². The fourth-order valence-electron chi connectivity index (χ4n) is 8.48. The van der Waals surface area contributed by atoms with E-state index in [9.17, 15) is 21.0 Å². The van der Waals surface area contributed by atoms with Crippen molar-refractivity contribution in [1.82, 2.24) is 14.5 Å². The molecule has 0 N–H and O–H groups in total. The van der Waals surface area contributed by atoms with Gasteiger partial charge in [-0.25, -0.2) is 9.97 Å². The van der Waals surface area contributed by atoms with E-state index in [0.29, 0.717) is 44.8 Å². The molecule has 8 aromatic carbocycles. The number of hydrogen-bond donors (Lipinski definition) is 0. The van der Waals surface area contributed by atoms with Crippen LogP contribution in [0.2, 0.25) is 0 Å². The van der Waals surface area contributed by atoms with Crippen LogP contribution in [0.25, 0.3) is 94.8 Å². The van der Waals surface area contributed by atoms with Gasteiger partial charge in [0.1, 0.15) is 0 Å². The summed E-state index contributed by atoms with van der Waals surface area (Å²) in [5, 5.41) is 42.9. The van der Waals surface area contributed by atoms with Crippen molar-refractivity contribution in [3.63, 3.8) is 0 Å². The summed E-state index contributed by atoms with van der Waals surface area (Å²) in [6, 6.07) is 70.1. The molecule has 7 nitrogen and oxygen atoms in total. The zero-order valence-corrected chi connectivity index (χ0v) is 33.5. The predicted molar refractivity (Wildman–Crippen MR) is 248 cm³/mol. The molecule has 63 heavy (non-hydrogen) atoms. The Hall–Kier alpha value is -9.40. The van der Waals surface area contributed by atoms with E-state index in [0.717, 1.165) is 72.3 Å². The standard InChI is InChI=1S/C56H31N7/c57-32-36-23-25-44(43(27-36)35-60)39-24-26-54-48(28-39)47-21-11-12-22-53(47)63(54)55-49(45-19-9-7-17-40(45)33-58)29-42(30-50(55)46-20-10-8-18-41(46)34-59)56-61-51(37-13-3-1-4-14-37)31-52(62-56)38-15-5-2-6-16-38/h1-31H. The number of para-hydroxylation sites is 1. The van der Waals surface area contributed by atoms with Gasteiger partial charge in [-0.15, -0.1) is 0 Å². The summed E-state index contributed by atoms with van der Waals surface area (Å²) in [4.78, 5) is 10.4. The van der Waals surface area contributed by atoms with Gasteiger partial charge in [-0.1, -0.05) is 127 Å². The summed E-state index contributed by atoms with van der Waals surface area (Å²) in [5.41, 5.74) is 12.8. The number of rotatable bonds is 7. The minimum Gasteiger partial charge on any atom is -0.308 e. The molecule has 0 spiro atoms. The summed E-state index contributed by atoms with van der Waals surface area (Å²) < 4.78 is 2.21. The molecule has 0 atom stereocenters. The number of nitrogens with zero attached hydrogens (tertiary/aromatic N) is 7. The van der Waals surface area contributed by atoms with Crippen LogP contribution in [0.15, 0.2) is 188 Å². The van der Waals surface area contributed by atoms with Gasteiger partial charge in [0.15, 0.2) is 5.82 Å². The lowest BCUT2D eigenvalue weighted by Gasteiger charge is -2.22. The molecule has 0 amide bonds. The fourth-order valence-corrected chi connectivity index (χ4v) is 8.48. The zero-order chi connectivity index (χ0) is 42.9. The predicted octanol–water partition coefficient (Wildman–Crippen LogP) is 13.1. The first-order chi connectivity index (χ1) is 31.1. The van der Waals surface area contributed by atoms with Gasteiger partial charge >= 0.3 is 0 Å². The molecular formula is C56H31N7. The molecule has 0 radical (unpaired) electrons. The number of hydrogen-bond acceptors (Lipinski definition) is 6. The zero-order valence-electron chi connectivity index (χ0n) is 33.5. The van der Waals surface area contributed by atoms with E-state index in [1.165, 1.54) is 0 Å². The van der Waals surface area contributed by atoms with Crippen LogP contribution in [-0.4, -0.2) is 14.5 Å². The Balaban J connectivity index is 1.34. The Bertz CT molecular complexity index is 3480. The van der Waals surface area contributed by atoms with Crippen molar-refractivity contribution in [3.8, 4) is 97.2 Å². The molecule has 0 aliphatic carbocycles. The molecule has 0 saturated heterocycles. The number of benzene rings is 8. The lowest BCUT2D eigenvalue weighted by Crippen LogP contribution is -2.04. The minimum atomic E-state index is 0.410. The Morgan fingerprint density at radius 3 is 1.48 bits per heavy atom. The van der Waals surface area contributed by atoms with Gasteiger partial charge in [0.05, 0.1) is 74.6 Å². The molecule has 0 aliphatic rings. The molecule has 2 heterocycles. The van der Waals surface area contributed by atoms with Crippen molar-refractivity contribution in [2.75, 3.05) is 0 Å². The Morgan fingerprint density at radius 1 is 0.349 bits per heavy atom. The van der Waals surface area contributed by atoms with Crippen molar-refractivity contribution < 1.29 is 0 Å². The first kappa shape index (κ1) is 37.8. The molecule has 290 valence electrons. The lowest BCUT2D eigenvalue weighted by atomic mass is 9.89. The van der Waals surface area contributed by atoms with Gasteiger partial charge in [0, 0.05) is 49.7 Å². The van der Waals surface area contributed by atoms with E-state index >= 15 is 0 Å². The average Bonchev–Trinajstić information content (AvgIpc) is 3.69. The van der Waals surface area contributed by atoms with Crippen molar-refractivity contribution in [2.24, 2.45) is 0 Å². The third-order valence-electron chi connectivity index (χ3n) is 11.4. The maximum atomic E-state index is 10.7. The largest absolute Gasteiger partial charge is 0.308 e. The first-order valence-corrected chi connectivity index (χ1v) is 20.2. The third kappa shape index (κ3) is 6.72. The molecule has 0 aliphatic heterocycles. The highest BCUT2D eigenvalue weighted by molar-refractivity contribution is 6.12. The van der Waals surface area contributed by atoms with E-state index in [2.05, 4.69) is 65.2 Å². The summed E-state index contributed by atoms with van der Waals surface area (Å²) >= 11 is 0. The SMILES string of the molecule is N#Cc1ccc(-c2ccc3c(c2)c2ccccc2n3-c2c(-c3ccccc3C#N)cc(-c3nc(-c4ccccc4)cc(-c4ccccc4)n3)cc2-c2ccccc2C#N)c(C#N)c1. The summed E-state index contributed by atoms with van der Waals surface area (Å²) in [7, 11) is 0. The van der Waals surface area contributed by atoms with Gasteiger partial charge in [-0.05, 0) is 71.8 Å². The smallest absolute Gasteiger partial charge is 0.160 e. The minimum absolute atomic E-state index is 0.410. The first-order valence-electron chi connectivity index (χ1n) is 20.2. The molecule has 0 bridgehead atoms. The molecular weight excluding hydrogens is 771 g/mol. The van der Waals surface area contributed by atoms with E-state index in [1.807, 2.05) is 140 Å². The topological polar surface area (TPSA) is 126 Å². The van der Waals surface area contributed by atoms with Gasteiger partial charge in [0.2, 0.25) is 0 Å². The van der Waals surface area contributed by atoms with E-state index < -0.39 is 0 Å². The van der Waals surface area contributed by atoms with Crippen molar-refractivity contribution in [2.45, 2.75) is 0 Å². The summed E-state index contributed by atoms with van der Waals surface area (Å²) in [6.07, 6.45) is 0.